The molecule has 0 saturated carbocycles. The van der Waals surface area contributed by atoms with Gasteiger partial charge >= 0.3 is 0 Å². The molecule has 1 saturated heterocycles. The fraction of sp³-hybridized carbons (Fsp3) is 0.300. The monoisotopic (exact) mass is 336 g/mol. The number of carbonyl (C=O) groups is 2. The van der Waals surface area contributed by atoms with Gasteiger partial charge in [0.25, 0.3) is 5.91 Å². The molecule has 0 aromatic heterocycles. The van der Waals surface area contributed by atoms with E-state index in [9.17, 15) is 9.59 Å². The lowest BCUT2D eigenvalue weighted by Gasteiger charge is -2.42. The summed E-state index contributed by atoms with van der Waals surface area (Å²) in [6, 6.07) is 15.2. The van der Waals surface area contributed by atoms with Gasteiger partial charge in [-0.3, -0.25) is 9.59 Å². The molecule has 1 fully saturated rings. The fourth-order valence-corrected chi connectivity index (χ4v) is 3.38. The van der Waals surface area contributed by atoms with Crippen LogP contribution in [0.25, 0.3) is 0 Å². The van der Waals surface area contributed by atoms with Gasteiger partial charge in [0.05, 0.1) is 18.6 Å². The van der Waals surface area contributed by atoms with E-state index < -0.39 is 11.0 Å². The van der Waals surface area contributed by atoms with Gasteiger partial charge in [-0.1, -0.05) is 30.3 Å². The number of carbonyl (C=O) groups excluding carboxylic acids is 2. The van der Waals surface area contributed by atoms with Crippen LogP contribution in [0, 0.1) is 0 Å². The fourth-order valence-electron chi connectivity index (χ4n) is 3.38. The van der Waals surface area contributed by atoms with E-state index >= 15 is 0 Å². The summed E-state index contributed by atoms with van der Waals surface area (Å²) in [5.74, 6) is -0.210. The highest BCUT2D eigenvalue weighted by molar-refractivity contribution is 6.07. The van der Waals surface area contributed by atoms with Crippen molar-refractivity contribution in [2.75, 3.05) is 18.5 Å². The Hall–Kier alpha value is -2.66. The molecule has 5 heteroatoms. The highest BCUT2D eigenvalue weighted by Gasteiger charge is 2.42. The second-order valence-corrected chi connectivity index (χ2v) is 7.23. The van der Waals surface area contributed by atoms with Gasteiger partial charge in [-0.15, -0.1) is 0 Å². The van der Waals surface area contributed by atoms with Crippen LogP contribution in [0.1, 0.15) is 35.3 Å². The number of hydrogen-bond donors (Lipinski definition) is 2. The third kappa shape index (κ3) is 2.43. The number of ether oxygens (including phenoxy) is 1. The quantitative estimate of drug-likeness (QED) is 0.905. The lowest BCUT2D eigenvalue weighted by Crippen LogP contribution is -2.59. The molecule has 2 amide bonds. The first-order valence-corrected chi connectivity index (χ1v) is 8.34. The molecule has 2 aliphatic rings. The molecule has 2 aliphatic heterocycles. The van der Waals surface area contributed by atoms with Gasteiger partial charge in [0.1, 0.15) is 5.54 Å². The van der Waals surface area contributed by atoms with Crippen molar-refractivity contribution in [3.8, 4) is 0 Å². The van der Waals surface area contributed by atoms with Gasteiger partial charge in [0.2, 0.25) is 5.91 Å². The molecular weight excluding hydrogens is 316 g/mol. The Balaban J connectivity index is 1.63. The van der Waals surface area contributed by atoms with E-state index in [0.29, 0.717) is 18.8 Å². The van der Waals surface area contributed by atoms with Crippen LogP contribution in [0.15, 0.2) is 48.5 Å². The molecule has 4 rings (SSSR count). The molecule has 2 aromatic carbocycles. The van der Waals surface area contributed by atoms with Crippen LogP contribution in [-0.4, -0.2) is 25.0 Å². The minimum Gasteiger partial charge on any atom is -0.376 e. The number of amides is 2. The molecule has 0 spiro atoms. The van der Waals surface area contributed by atoms with Crippen LogP contribution in [0.4, 0.5) is 5.69 Å². The summed E-state index contributed by atoms with van der Waals surface area (Å²) in [4.78, 5) is 24.9. The van der Waals surface area contributed by atoms with Crippen molar-refractivity contribution >= 4 is 17.5 Å². The molecule has 25 heavy (non-hydrogen) atoms. The van der Waals surface area contributed by atoms with Gasteiger partial charge in [0.15, 0.2) is 0 Å². The molecule has 0 bridgehead atoms. The van der Waals surface area contributed by atoms with Crippen LogP contribution in [0.3, 0.4) is 0 Å². The van der Waals surface area contributed by atoms with Crippen LogP contribution >= 0.6 is 0 Å². The van der Waals surface area contributed by atoms with Gasteiger partial charge in [-0.2, -0.15) is 0 Å². The maximum Gasteiger partial charge on any atom is 0.252 e. The number of benzene rings is 2. The zero-order chi connectivity index (χ0) is 17.7. The number of fused-ring (bicyclic) bond motifs is 1. The maximum absolute atomic E-state index is 12.8. The van der Waals surface area contributed by atoms with E-state index in [1.165, 1.54) is 0 Å². The summed E-state index contributed by atoms with van der Waals surface area (Å²) >= 11 is 0. The molecule has 0 aliphatic carbocycles. The molecule has 2 heterocycles. The van der Waals surface area contributed by atoms with Crippen molar-refractivity contribution < 1.29 is 14.3 Å². The second-order valence-electron chi connectivity index (χ2n) is 7.23. The van der Waals surface area contributed by atoms with Crippen molar-refractivity contribution in [1.29, 1.82) is 0 Å². The standard InChI is InChI=1S/C20H20N2O3/c1-19(2)15-10-13(8-9-16(15)21-18(19)24)17(23)22-20(11-25-12-20)14-6-4-3-5-7-14/h3-10H,11-12H2,1-2H3,(H,21,24)(H,22,23). The summed E-state index contributed by atoms with van der Waals surface area (Å²) in [7, 11) is 0. The van der Waals surface area contributed by atoms with E-state index in [1.807, 2.05) is 44.2 Å². The Labute approximate surface area is 146 Å². The van der Waals surface area contributed by atoms with Gasteiger partial charge in [-0.25, -0.2) is 0 Å². The van der Waals surface area contributed by atoms with Crippen LogP contribution < -0.4 is 10.6 Å². The molecule has 2 aromatic rings. The molecular formula is C20H20N2O3. The van der Waals surface area contributed by atoms with Gasteiger partial charge in [-0.05, 0) is 43.2 Å². The van der Waals surface area contributed by atoms with Gasteiger partial charge in [0, 0.05) is 11.3 Å². The highest BCUT2D eigenvalue weighted by Crippen LogP contribution is 2.38. The molecule has 0 atom stereocenters. The largest absolute Gasteiger partial charge is 0.376 e. The summed E-state index contributed by atoms with van der Waals surface area (Å²) in [5, 5.41) is 5.98. The Kier molecular flexibility index (Phi) is 3.44. The second kappa shape index (κ2) is 5.43. The van der Waals surface area contributed by atoms with Crippen molar-refractivity contribution in [2.45, 2.75) is 24.8 Å². The third-order valence-corrected chi connectivity index (χ3v) is 5.15. The summed E-state index contributed by atoms with van der Waals surface area (Å²) in [6.07, 6.45) is 0. The van der Waals surface area contributed by atoms with Crippen molar-refractivity contribution in [2.24, 2.45) is 0 Å². The smallest absolute Gasteiger partial charge is 0.252 e. The van der Waals surface area contributed by atoms with Crippen LogP contribution in [-0.2, 0) is 20.5 Å². The topological polar surface area (TPSA) is 67.4 Å². The average Bonchev–Trinajstić information content (AvgIpc) is 2.81. The first kappa shape index (κ1) is 15.8. The number of rotatable bonds is 3. The number of hydrogen-bond acceptors (Lipinski definition) is 3. The lowest BCUT2D eigenvalue weighted by atomic mass is 9.85. The normalized spacial score (nSPS) is 19.5. The molecule has 0 radical (unpaired) electrons. The molecule has 5 nitrogen and oxygen atoms in total. The maximum atomic E-state index is 12.8. The van der Waals surface area contributed by atoms with E-state index in [2.05, 4.69) is 10.6 Å². The minimum absolute atomic E-state index is 0.0480. The summed E-state index contributed by atoms with van der Waals surface area (Å²) in [5.41, 5.74) is 2.09. The SMILES string of the molecule is CC1(C)C(=O)Nc2ccc(C(=O)NC3(c4ccccc4)COC3)cc21. The van der Waals surface area contributed by atoms with Crippen molar-refractivity contribution in [1.82, 2.24) is 5.32 Å². The zero-order valence-corrected chi connectivity index (χ0v) is 14.3. The average molecular weight is 336 g/mol. The third-order valence-electron chi connectivity index (χ3n) is 5.15. The molecule has 128 valence electrons. The Morgan fingerprint density at radius 1 is 1.12 bits per heavy atom. The van der Waals surface area contributed by atoms with Gasteiger partial charge < -0.3 is 15.4 Å². The first-order chi connectivity index (χ1) is 11.9. The molecule has 2 N–H and O–H groups in total. The van der Waals surface area contributed by atoms with E-state index in [-0.39, 0.29) is 11.8 Å². The van der Waals surface area contributed by atoms with E-state index in [0.717, 1.165) is 16.8 Å². The van der Waals surface area contributed by atoms with Crippen LogP contribution in [0.5, 0.6) is 0 Å². The Bertz CT molecular complexity index is 854. The minimum atomic E-state index is -0.637. The van der Waals surface area contributed by atoms with Crippen molar-refractivity contribution in [3.63, 3.8) is 0 Å². The Morgan fingerprint density at radius 3 is 2.48 bits per heavy atom. The number of nitrogens with one attached hydrogen (secondary N) is 2. The number of anilines is 1. The predicted octanol–water partition coefficient (Wildman–Crippen LogP) is 2.57. The molecule has 0 unspecified atom stereocenters. The van der Waals surface area contributed by atoms with Crippen molar-refractivity contribution in [3.05, 3.63) is 65.2 Å². The summed E-state index contributed by atoms with van der Waals surface area (Å²) < 4.78 is 5.38. The van der Waals surface area contributed by atoms with E-state index in [1.54, 1.807) is 18.2 Å². The first-order valence-electron chi connectivity index (χ1n) is 8.34. The highest BCUT2D eigenvalue weighted by atomic mass is 16.5. The Morgan fingerprint density at radius 2 is 1.84 bits per heavy atom. The predicted molar refractivity (Wildman–Crippen MR) is 94.5 cm³/mol. The van der Waals surface area contributed by atoms with Crippen LogP contribution in [0.2, 0.25) is 0 Å². The zero-order valence-electron chi connectivity index (χ0n) is 14.3. The summed E-state index contributed by atoms with van der Waals surface area (Å²) in [6.45, 7) is 4.64. The van der Waals surface area contributed by atoms with E-state index in [4.69, 9.17) is 4.74 Å². The lowest BCUT2D eigenvalue weighted by molar-refractivity contribution is -0.119.